The van der Waals surface area contributed by atoms with Gasteiger partial charge in [0.2, 0.25) is 0 Å². The van der Waals surface area contributed by atoms with Crippen LogP contribution in [0, 0.1) is 3.57 Å². The summed E-state index contributed by atoms with van der Waals surface area (Å²) in [6, 6.07) is 16.7. The smallest absolute Gasteiger partial charge is 0.147 e. The Hall–Kier alpha value is -1.29. The third-order valence-electron chi connectivity index (χ3n) is 2.61. The molecule has 1 nitrogen and oxygen atoms in total. The highest BCUT2D eigenvalue weighted by Gasteiger charge is 2.05. The van der Waals surface area contributed by atoms with Crippen LogP contribution in [0.2, 0.25) is 0 Å². The van der Waals surface area contributed by atoms with Crippen LogP contribution < -0.4 is 0 Å². The monoisotopic (exact) mass is 320 g/mol. The van der Waals surface area contributed by atoms with Gasteiger partial charge in [0.15, 0.2) is 0 Å². The van der Waals surface area contributed by atoms with Gasteiger partial charge in [-0.2, -0.15) is 0 Å². The predicted octanol–water partition coefficient (Wildman–Crippen LogP) is 4.70. The second-order valence-electron chi connectivity index (χ2n) is 3.66. The van der Waals surface area contributed by atoms with Gasteiger partial charge in [-0.3, -0.25) is 0 Å². The van der Waals surface area contributed by atoms with Crippen molar-refractivity contribution in [2.24, 2.45) is 0 Å². The van der Waals surface area contributed by atoms with Crippen molar-refractivity contribution in [1.29, 1.82) is 0 Å². The lowest BCUT2D eigenvalue weighted by Gasteiger charge is -2.02. The van der Waals surface area contributed by atoms with Gasteiger partial charge in [-0.25, -0.2) is 0 Å². The molecule has 2 aromatic carbocycles. The normalized spacial score (nSPS) is 10.8. The van der Waals surface area contributed by atoms with E-state index in [0.29, 0.717) is 0 Å². The van der Waals surface area contributed by atoms with Crippen molar-refractivity contribution in [3.05, 3.63) is 58.4 Å². The number of hydrogen-bond acceptors (Lipinski definition) is 1. The topological polar surface area (TPSA) is 13.1 Å². The maximum absolute atomic E-state index is 5.43. The summed E-state index contributed by atoms with van der Waals surface area (Å²) in [5.41, 5.74) is 3.45. The van der Waals surface area contributed by atoms with Crippen molar-refractivity contribution < 1.29 is 4.42 Å². The molecule has 3 aromatic rings. The second-order valence-corrected chi connectivity index (χ2v) is 4.83. The molecule has 0 aliphatic rings. The molecule has 1 heterocycles. The number of hydrogen-bond donors (Lipinski definition) is 0. The van der Waals surface area contributed by atoms with Crippen molar-refractivity contribution in [2.45, 2.75) is 0 Å². The molecule has 2 heteroatoms. The molecule has 0 radical (unpaired) electrons. The first-order valence-corrected chi connectivity index (χ1v) is 6.14. The van der Waals surface area contributed by atoms with Gasteiger partial charge < -0.3 is 4.42 Å². The molecule has 0 unspecified atom stereocenters. The Kier molecular flexibility index (Phi) is 2.44. The van der Waals surface area contributed by atoms with Gasteiger partial charge in [0.25, 0.3) is 0 Å². The highest BCUT2D eigenvalue weighted by atomic mass is 127. The first-order valence-electron chi connectivity index (χ1n) is 5.07. The van der Waals surface area contributed by atoms with Gasteiger partial charge in [0, 0.05) is 5.39 Å². The van der Waals surface area contributed by atoms with Crippen LogP contribution in [-0.2, 0) is 0 Å². The van der Waals surface area contributed by atoms with Crippen LogP contribution in [-0.4, -0.2) is 0 Å². The fourth-order valence-corrected chi connectivity index (χ4v) is 2.61. The molecule has 1 aromatic heterocycles. The van der Waals surface area contributed by atoms with E-state index in [1.165, 1.54) is 11.1 Å². The Morgan fingerprint density at radius 1 is 0.875 bits per heavy atom. The van der Waals surface area contributed by atoms with E-state index in [1.54, 1.807) is 6.26 Å². The summed E-state index contributed by atoms with van der Waals surface area (Å²) in [6.07, 6.45) is 1.74. The van der Waals surface area contributed by atoms with E-state index in [0.717, 1.165) is 14.5 Å². The minimum absolute atomic E-state index is 0.972. The van der Waals surface area contributed by atoms with Crippen LogP contribution in [0.3, 0.4) is 0 Å². The van der Waals surface area contributed by atoms with Crippen LogP contribution in [0.4, 0.5) is 0 Å². The van der Waals surface area contributed by atoms with Crippen molar-refractivity contribution in [2.75, 3.05) is 0 Å². The molecule has 0 N–H and O–H groups in total. The molecular formula is C14H9IO. The molecule has 0 spiro atoms. The van der Waals surface area contributed by atoms with Gasteiger partial charge in [-0.05, 0) is 51.9 Å². The van der Waals surface area contributed by atoms with Crippen LogP contribution in [0.15, 0.2) is 59.2 Å². The number of rotatable bonds is 1. The zero-order chi connectivity index (χ0) is 11.0. The Morgan fingerprint density at radius 2 is 1.69 bits per heavy atom. The second kappa shape index (κ2) is 3.94. The molecule has 0 aliphatic heterocycles. The summed E-state index contributed by atoms with van der Waals surface area (Å²) in [4.78, 5) is 0. The minimum Gasteiger partial charge on any atom is -0.463 e. The lowest BCUT2D eigenvalue weighted by molar-refractivity contribution is 0.614. The predicted molar refractivity (Wildman–Crippen MR) is 74.4 cm³/mol. The quantitative estimate of drug-likeness (QED) is 0.592. The highest BCUT2D eigenvalue weighted by molar-refractivity contribution is 14.1. The summed E-state index contributed by atoms with van der Waals surface area (Å²) in [5, 5.41) is 1.16. The fraction of sp³-hybridized carbons (Fsp3) is 0. The molecular weight excluding hydrogens is 311 g/mol. The van der Waals surface area contributed by atoms with Gasteiger partial charge >= 0.3 is 0 Å². The van der Waals surface area contributed by atoms with E-state index < -0.39 is 0 Å². The van der Waals surface area contributed by atoms with Crippen molar-refractivity contribution in [1.82, 2.24) is 0 Å². The molecule has 0 aliphatic carbocycles. The van der Waals surface area contributed by atoms with Gasteiger partial charge in [0.1, 0.15) is 5.58 Å². The van der Waals surface area contributed by atoms with Crippen molar-refractivity contribution in [3.8, 4) is 11.1 Å². The molecule has 0 saturated heterocycles. The number of furan rings is 1. The summed E-state index contributed by atoms with van der Waals surface area (Å²) >= 11 is 2.31. The molecule has 0 bridgehead atoms. The molecule has 0 amide bonds. The van der Waals surface area contributed by atoms with Gasteiger partial charge in [0.05, 0.1) is 9.83 Å². The average molecular weight is 320 g/mol. The standard InChI is InChI=1S/C14H9IO/c15-13-9-12(10-4-2-1-3-5-10)8-11-6-7-16-14(11)13/h1-9H. The summed E-state index contributed by atoms with van der Waals surface area (Å²) in [7, 11) is 0. The first kappa shape index (κ1) is 9.90. The van der Waals surface area contributed by atoms with Crippen LogP contribution in [0.25, 0.3) is 22.1 Å². The van der Waals surface area contributed by atoms with Crippen LogP contribution in [0.5, 0.6) is 0 Å². The maximum Gasteiger partial charge on any atom is 0.147 e. The Balaban J connectivity index is 2.25. The zero-order valence-corrected chi connectivity index (χ0v) is 10.6. The first-order chi connectivity index (χ1) is 7.84. The van der Waals surface area contributed by atoms with Crippen LogP contribution in [0.1, 0.15) is 0 Å². The van der Waals surface area contributed by atoms with E-state index in [2.05, 4.69) is 59.0 Å². The average Bonchev–Trinajstić information content (AvgIpc) is 2.79. The lowest BCUT2D eigenvalue weighted by atomic mass is 10.0. The Labute approximate surface area is 107 Å². The Bertz CT molecular complexity index is 626. The largest absolute Gasteiger partial charge is 0.463 e. The maximum atomic E-state index is 5.43. The number of fused-ring (bicyclic) bond motifs is 1. The van der Waals surface area contributed by atoms with E-state index in [1.807, 2.05) is 12.1 Å². The van der Waals surface area contributed by atoms with Gasteiger partial charge in [-0.15, -0.1) is 0 Å². The van der Waals surface area contributed by atoms with Gasteiger partial charge in [-0.1, -0.05) is 30.3 Å². The Morgan fingerprint density at radius 3 is 2.50 bits per heavy atom. The van der Waals surface area contributed by atoms with Crippen molar-refractivity contribution >= 4 is 33.6 Å². The van der Waals surface area contributed by atoms with E-state index in [4.69, 9.17) is 4.42 Å². The van der Waals surface area contributed by atoms with Crippen molar-refractivity contribution in [3.63, 3.8) is 0 Å². The van der Waals surface area contributed by atoms with Crippen LogP contribution >= 0.6 is 22.6 Å². The van der Waals surface area contributed by atoms with E-state index in [-0.39, 0.29) is 0 Å². The lowest BCUT2D eigenvalue weighted by Crippen LogP contribution is -1.79. The number of halogens is 1. The fourth-order valence-electron chi connectivity index (χ4n) is 1.84. The molecule has 0 saturated carbocycles. The van der Waals surface area contributed by atoms with E-state index >= 15 is 0 Å². The summed E-state index contributed by atoms with van der Waals surface area (Å²) < 4.78 is 6.58. The molecule has 78 valence electrons. The molecule has 0 fully saturated rings. The highest BCUT2D eigenvalue weighted by Crippen LogP contribution is 2.29. The summed E-state index contributed by atoms with van der Waals surface area (Å²) in [6.45, 7) is 0. The third kappa shape index (κ3) is 1.63. The zero-order valence-electron chi connectivity index (χ0n) is 8.48. The van der Waals surface area contributed by atoms with E-state index in [9.17, 15) is 0 Å². The number of benzene rings is 2. The molecule has 3 rings (SSSR count). The summed E-state index contributed by atoms with van der Waals surface area (Å²) in [5.74, 6) is 0. The third-order valence-corrected chi connectivity index (χ3v) is 3.41. The molecule has 16 heavy (non-hydrogen) atoms. The SMILES string of the molecule is Ic1cc(-c2ccccc2)cc2ccoc12. The molecule has 0 atom stereocenters. The minimum atomic E-state index is 0.972.